The zero-order valence-corrected chi connectivity index (χ0v) is 14.1. The topological polar surface area (TPSA) is 66.9 Å². The SMILES string of the molecule is CCn1c(=O)c2c([nH]c3[n+]2CCCN3c2ccc(F)cc2)n(C)c1=O. The number of benzene rings is 1. The normalized spacial score (nSPS) is 14.1. The third-order valence-corrected chi connectivity index (χ3v) is 4.75. The number of anilines is 2. The summed E-state index contributed by atoms with van der Waals surface area (Å²) < 4.78 is 17.9. The van der Waals surface area contributed by atoms with Crippen LogP contribution in [-0.2, 0) is 20.1 Å². The van der Waals surface area contributed by atoms with Gasteiger partial charge in [0.05, 0.1) is 13.1 Å². The summed E-state index contributed by atoms with van der Waals surface area (Å²) >= 11 is 0. The Kier molecular flexibility index (Phi) is 3.48. The van der Waals surface area contributed by atoms with Crippen LogP contribution in [0.3, 0.4) is 0 Å². The van der Waals surface area contributed by atoms with E-state index in [1.807, 2.05) is 9.47 Å². The molecule has 0 fully saturated rings. The fourth-order valence-corrected chi connectivity index (χ4v) is 3.49. The number of H-pyrrole nitrogens is 1. The van der Waals surface area contributed by atoms with Crippen molar-refractivity contribution in [2.24, 2.45) is 7.05 Å². The Bertz CT molecular complexity index is 1080. The summed E-state index contributed by atoms with van der Waals surface area (Å²) in [5.74, 6) is 0.437. The standard InChI is InChI=1S/C17H18FN5O2/c1-3-21-15(24)13-14(20(2)17(21)25)19-16-22(9-4-10-23(13)16)12-7-5-11(18)6-8-12/h5-8H,3-4,9-10H2,1-2H3/p+1. The molecule has 7 nitrogen and oxygen atoms in total. The highest BCUT2D eigenvalue weighted by Gasteiger charge is 2.32. The maximum atomic E-state index is 13.2. The lowest BCUT2D eigenvalue weighted by Crippen LogP contribution is -2.49. The highest BCUT2D eigenvalue weighted by atomic mass is 19.1. The average molecular weight is 344 g/mol. The van der Waals surface area contributed by atoms with E-state index in [2.05, 4.69) is 4.98 Å². The van der Waals surface area contributed by atoms with Crippen molar-refractivity contribution in [1.82, 2.24) is 14.1 Å². The molecule has 130 valence electrons. The molecule has 0 saturated carbocycles. The number of halogens is 1. The van der Waals surface area contributed by atoms with E-state index in [4.69, 9.17) is 0 Å². The largest absolute Gasteiger partial charge is 0.364 e. The molecule has 3 aromatic rings. The van der Waals surface area contributed by atoms with Gasteiger partial charge in [-0.3, -0.25) is 13.9 Å². The van der Waals surface area contributed by atoms with Crippen LogP contribution in [0.25, 0.3) is 11.2 Å². The monoisotopic (exact) mass is 344 g/mol. The first-order chi connectivity index (χ1) is 12.0. The van der Waals surface area contributed by atoms with Crippen LogP contribution in [0.2, 0.25) is 0 Å². The van der Waals surface area contributed by atoms with Crippen molar-refractivity contribution in [3.05, 3.63) is 50.9 Å². The zero-order valence-electron chi connectivity index (χ0n) is 14.1. The van der Waals surface area contributed by atoms with Crippen LogP contribution in [0, 0.1) is 5.82 Å². The van der Waals surface area contributed by atoms with E-state index in [1.165, 1.54) is 21.3 Å². The molecule has 8 heteroatoms. The Morgan fingerprint density at radius 2 is 1.96 bits per heavy atom. The van der Waals surface area contributed by atoms with E-state index in [0.717, 1.165) is 24.6 Å². The Balaban J connectivity index is 2.01. The molecule has 4 rings (SSSR count). The molecule has 1 N–H and O–H groups in total. The van der Waals surface area contributed by atoms with E-state index in [-0.39, 0.29) is 17.1 Å². The number of aromatic nitrogens is 4. The fourth-order valence-electron chi connectivity index (χ4n) is 3.49. The molecule has 0 bridgehead atoms. The van der Waals surface area contributed by atoms with E-state index in [9.17, 15) is 14.0 Å². The van der Waals surface area contributed by atoms with Crippen molar-refractivity contribution < 1.29 is 8.96 Å². The zero-order chi connectivity index (χ0) is 17.7. The van der Waals surface area contributed by atoms with Crippen molar-refractivity contribution in [2.75, 3.05) is 11.4 Å². The van der Waals surface area contributed by atoms with Crippen molar-refractivity contribution in [3.63, 3.8) is 0 Å². The quantitative estimate of drug-likeness (QED) is 0.706. The second kappa shape index (κ2) is 5.58. The number of nitrogens with one attached hydrogen (secondary N) is 1. The summed E-state index contributed by atoms with van der Waals surface area (Å²) in [6.45, 7) is 3.53. The van der Waals surface area contributed by atoms with Crippen molar-refractivity contribution in [2.45, 2.75) is 26.4 Å². The lowest BCUT2D eigenvalue weighted by atomic mass is 10.2. The molecule has 0 unspecified atom stereocenters. The Labute approximate surface area is 142 Å². The third-order valence-electron chi connectivity index (χ3n) is 4.75. The van der Waals surface area contributed by atoms with Crippen molar-refractivity contribution in [1.29, 1.82) is 0 Å². The van der Waals surface area contributed by atoms with Gasteiger partial charge in [-0.2, -0.15) is 0 Å². The number of aryl methyl sites for hydroxylation is 2. The van der Waals surface area contributed by atoms with Crippen LogP contribution in [-0.4, -0.2) is 20.7 Å². The van der Waals surface area contributed by atoms with Gasteiger partial charge in [0, 0.05) is 20.0 Å². The number of aromatic amines is 1. The lowest BCUT2D eigenvalue weighted by Gasteiger charge is -2.22. The molecule has 2 aromatic heterocycles. The number of hydrogen-bond donors (Lipinski definition) is 1. The first-order valence-corrected chi connectivity index (χ1v) is 8.31. The smallest absolute Gasteiger partial charge is 0.267 e. The van der Waals surface area contributed by atoms with Crippen LogP contribution >= 0.6 is 0 Å². The minimum absolute atomic E-state index is 0.288. The lowest BCUT2D eigenvalue weighted by molar-refractivity contribution is -0.663. The summed E-state index contributed by atoms with van der Waals surface area (Å²) in [4.78, 5) is 30.4. The molecule has 0 spiro atoms. The minimum atomic E-state index is -0.340. The molecule has 0 atom stereocenters. The number of fused-ring (bicyclic) bond motifs is 3. The highest BCUT2D eigenvalue weighted by molar-refractivity contribution is 5.70. The second-order valence-corrected chi connectivity index (χ2v) is 6.17. The van der Waals surface area contributed by atoms with Gasteiger partial charge in [-0.1, -0.05) is 0 Å². The number of hydrogen-bond acceptors (Lipinski definition) is 3. The van der Waals surface area contributed by atoms with Gasteiger partial charge in [0.15, 0.2) is 0 Å². The first kappa shape index (κ1) is 15.6. The van der Waals surface area contributed by atoms with Gasteiger partial charge in [-0.15, -0.1) is 0 Å². The summed E-state index contributed by atoms with van der Waals surface area (Å²) in [6, 6.07) is 6.24. The van der Waals surface area contributed by atoms with Gasteiger partial charge in [-0.05, 0) is 31.2 Å². The molecule has 3 heterocycles. The molecule has 0 amide bonds. The molecule has 1 aromatic carbocycles. The predicted molar refractivity (Wildman–Crippen MR) is 91.7 cm³/mol. The van der Waals surface area contributed by atoms with Gasteiger partial charge in [0.2, 0.25) is 11.2 Å². The molecule has 0 saturated heterocycles. The molecule has 0 aliphatic carbocycles. The van der Waals surface area contributed by atoms with E-state index in [0.29, 0.717) is 24.3 Å². The fraction of sp³-hybridized carbons (Fsp3) is 0.353. The summed E-state index contributed by atoms with van der Waals surface area (Å²) in [7, 11) is 1.65. The van der Waals surface area contributed by atoms with E-state index >= 15 is 0 Å². The molecular formula is C17H19FN5O2+. The van der Waals surface area contributed by atoms with Crippen molar-refractivity contribution in [3.8, 4) is 0 Å². The maximum absolute atomic E-state index is 13.2. The third kappa shape index (κ3) is 2.20. The Hall–Kier alpha value is -2.90. The minimum Gasteiger partial charge on any atom is -0.267 e. The van der Waals surface area contributed by atoms with Gasteiger partial charge in [-0.25, -0.2) is 23.6 Å². The second-order valence-electron chi connectivity index (χ2n) is 6.17. The van der Waals surface area contributed by atoms with Crippen molar-refractivity contribution >= 4 is 22.8 Å². The number of nitrogens with zero attached hydrogens (tertiary/aromatic N) is 4. The van der Waals surface area contributed by atoms with Gasteiger partial charge in [0.25, 0.3) is 5.56 Å². The summed E-state index contributed by atoms with van der Waals surface area (Å²) in [6.07, 6.45) is 0.844. The number of rotatable bonds is 2. The van der Waals surface area contributed by atoms with E-state index in [1.54, 1.807) is 26.1 Å². The first-order valence-electron chi connectivity index (χ1n) is 8.31. The molecule has 1 aliphatic rings. The van der Waals surface area contributed by atoms with Gasteiger partial charge < -0.3 is 0 Å². The highest BCUT2D eigenvalue weighted by Crippen LogP contribution is 2.26. The maximum Gasteiger partial charge on any atom is 0.364 e. The average Bonchev–Trinajstić information content (AvgIpc) is 3.01. The molecule has 0 radical (unpaired) electrons. The van der Waals surface area contributed by atoms with Gasteiger partial charge >= 0.3 is 11.6 Å². The Morgan fingerprint density at radius 1 is 1.24 bits per heavy atom. The Morgan fingerprint density at radius 3 is 2.64 bits per heavy atom. The molecule has 1 aliphatic heterocycles. The van der Waals surface area contributed by atoms with Crippen LogP contribution in [0.5, 0.6) is 0 Å². The van der Waals surface area contributed by atoms with Crippen LogP contribution in [0.15, 0.2) is 33.9 Å². The molecular weight excluding hydrogens is 325 g/mol. The number of imidazole rings is 1. The molecule has 25 heavy (non-hydrogen) atoms. The van der Waals surface area contributed by atoms with Crippen LogP contribution in [0.4, 0.5) is 16.0 Å². The van der Waals surface area contributed by atoms with E-state index < -0.39 is 0 Å². The van der Waals surface area contributed by atoms with Crippen LogP contribution < -0.4 is 20.7 Å². The summed E-state index contributed by atoms with van der Waals surface area (Å²) in [5, 5.41) is 0. The van der Waals surface area contributed by atoms with Crippen LogP contribution in [0.1, 0.15) is 13.3 Å². The summed E-state index contributed by atoms with van der Waals surface area (Å²) in [5.41, 5.74) is 1.20. The predicted octanol–water partition coefficient (Wildman–Crippen LogP) is 1.02. The van der Waals surface area contributed by atoms with Gasteiger partial charge in [0.1, 0.15) is 11.5 Å².